The lowest BCUT2D eigenvalue weighted by Gasteiger charge is -2.20. The van der Waals surface area contributed by atoms with Gasteiger partial charge in [-0.2, -0.15) is 0 Å². The third-order valence-electron chi connectivity index (χ3n) is 3.69. The number of benzene rings is 1. The highest BCUT2D eigenvalue weighted by molar-refractivity contribution is 5.96. The largest absolute Gasteiger partial charge is 0.294 e. The van der Waals surface area contributed by atoms with Crippen molar-refractivity contribution in [1.82, 2.24) is 0 Å². The third kappa shape index (κ3) is 3.15. The van der Waals surface area contributed by atoms with Crippen molar-refractivity contribution in [2.24, 2.45) is 5.92 Å². The highest BCUT2D eigenvalue weighted by Crippen LogP contribution is 2.27. The van der Waals surface area contributed by atoms with E-state index in [4.69, 9.17) is 0 Å². The first-order chi connectivity index (χ1) is 8.16. The lowest BCUT2D eigenvalue weighted by atomic mass is 9.85. The van der Waals surface area contributed by atoms with Gasteiger partial charge in [0.15, 0.2) is 5.78 Å². The van der Waals surface area contributed by atoms with Crippen molar-refractivity contribution < 1.29 is 9.18 Å². The molecule has 0 aliphatic heterocycles. The lowest BCUT2D eigenvalue weighted by molar-refractivity contribution is 0.0950. The van der Waals surface area contributed by atoms with Crippen molar-refractivity contribution >= 4 is 5.78 Å². The van der Waals surface area contributed by atoms with Crippen LogP contribution >= 0.6 is 0 Å². The van der Waals surface area contributed by atoms with Gasteiger partial charge in [0.1, 0.15) is 5.82 Å². The minimum absolute atomic E-state index is 0.0933. The monoisotopic (exact) mass is 234 g/mol. The normalized spacial score (nSPS) is 17.1. The number of hydrogen-bond donors (Lipinski definition) is 0. The quantitative estimate of drug-likeness (QED) is 0.713. The fraction of sp³-hybridized carbons (Fsp3) is 0.533. The zero-order chi connectivity index (χ0) is 12.3. The summed E-state index contributed by atoms with van der Waals surface area (Å²) >= 11 is 0. The predicted octanol–water partition coefficient (Wildman–Crippen LogP) is 4.29. The van der Waals surface area contributed by atoms with Gasteiger partial charge in [-0.25, -0.2) is 4.39 Å². The predicted molar refractivity (Wildman–Crippen MR) is 66.7 cm³/mol. The topological polar surface area (TPSA) is 17.1 Å². The Morgan fingerprint density at radius 3 is 2.65 bits per heavy atom. The maximum atomic E-state index is 13.4. The first kappa shape index (κ1) is 12.3. The van der Waals surface area contributed by atoms with Crippen molar-refractivity contribution in [3.05, 3.63) is 35.1 Å². The van der Waals surface area contributed by atoms with Gasteiger partial charge in [-0.15, -0.1) is 0 Å². The van der Waals surface area contributed by atoms with Gasteiger partial charge in [0.2, 0.25) is 0 Å². The number of ketones is 1. The summed E-state index contributed by atoms with van der Waals surface area (Å²) in [6.45, 7) is 1.71. The van der Waals surface area contributed by atoms with E-state index >= 15 is 0 Å². The summed E-state index contributed by atoms with van der Waals surface area (Å²) in [4.78, 5) is 12.0. The molecule has 2 rings (SSSR count). The molecular formula is C15H19FO. The molecule has 1 aliphatic carbocycles. The van der Waals surface area contributed by atoms with E-state index in [1.54, 1.807) is 19.1 Å². The van der Waals surface area contributed by atoms with Crippen LogP contribution in [0.5, 0.6) is 0 Å². The fourth-order valence-corrected chi connectivity index (χ4v) is 2.54. The minimum Gasteiger partial charge on any atom is -0.294 e. The Kier molecular flexibility index (Phi) is 3.93. The smallest absolute Gasteiger partial charge is 0.163 e. The Hall–Kier alpha value is -1.18. The van der Waals surface area contributed by atoms with E-state index in [1.165, 1.54) is 25.3 Å². The Morgan fingerprint density at radius 2 is 2.00 bits per heavy atom. The summed E-state index contributed by atoms with van der Waals surface area (Å²) in [5.41, 5.74) is 1.12. The standard InChI is InChI=1S/C15H19FO/c1-11-7-8-13(10-14(11)16)15(17)9-12-5-3-2-4-6-12/h7-8,10,12H,2-6,9H2,1H3. The Bertz CT molecular complexity index is 405. The molecule has 0 radical (unpaired) electrons. The Morgan fingerprint density at radius 1 is 1.29 bits per heavy atom. The Balaban J connectivity index is 2.01. The second kappa shape index (κ2) is 5.44. The van der Waals surface area contributed by atoms with Gasteiger partial charge in [-0.05, 0) is 24.5 Å². The van der Waals surface area contributed by atoms with Gasteiger partial charge in [-0.1, -0.05) is 44.2 Å². The van der Waals surface area contributed by atoms with Crippen molar-refractivity contribution in [2.45, 2.75) is 45.4 Å². The highest BCUT2D eigenvalue weighted by Gasteiger charge is 2.18. The van der Waals surface area contributed by atoms with Crippen LogP contribution in [0.4, 0.5) is 4.39 Å². The summed E-state index contributed by atoms with van der Waals surface area (Å²) in [5, 5.41) is 0. The second-order valence-electron chi connectivity index (χ2n) is 5.10. The maximum absolute atomic E-state index is 13.4. The van der Waals surface area contributed by atoms with Crippen LogP contribution in [0.3, 0.4) is 0 Å². The van der Waals surface area contributed by atoms with Gasteiger partial charge >= 0.3 is 0 Å². The molecule has 0 N–H and O–H groups in total. The second-order valence-corrected chi connectivity index (χ2v) is 5.10. The molecule has 0 heterocycles. The van der Waals surface area contributed by atoms with E-state index in [9.17, 15) is 9.18 Å². The zero-order valence-corrected chi connectivity index (χ0v) is 10.3. The van der Waals surface area contributed by atoms with E-state index in [-0.39, 0.29) is 11.6 Å². The number of Topliss-reactive ketones (excluding diaryl/α,β-unsaturated/α-hetero) is 1. The van der Waals surface area contributed by atoms with Crippen LogP contribution in [0.1, 0.15) is 54.4 Å². The molecule has 0 spiro atoms. The molecule has 1 saturated carbocycles. The molecule has 1 aliphatic rings. The summed E-state index contributed by atoms with van der Waals surface area (Å²) in [6.07, 6.45) is 6.66. The van der Waals surface area contributed by atoms with Gasteiger partial charge < -0.3 is 0 Å². The first-order valence-electron chi connectivity index (χ1n) is 6.46. The van der Waals surface area contributed by atoms with Crippen LogP contribution < -0.4 is 0 Å². The van der Waals surface area contributed by atoms with E-state index in [0.717, 1.165) is 12.8 Å². The third-order valence-corrected chi connectivity index (χ3v) is 3.69. The van der Waals surface area contributed by atoms with Gasteiger partial charge in [0.05, 0.1) is 0 Å². The highest BCUT2D eigenvalue weighted by atomic mass is 19.1. The molecule has 92 valence electrons. The van der Waals surface area contributed by atoms with Crippen LogP contribution in [0.15, 0.2) is 18.2 Å². The molecule has 1 aromatic carbocycles. The number of halogens is 1. The SMILES string of the molecule is Cc1ccc(C(=O)CC2CCCCC2)cc1F. The van der Waals surface area contributed by atoms with E-state index in [2.05, 4.69) is 0 Å². The zero-order valence-electron chi connectivity index (χ0n) is 10.3. The summed E-state index contributed by atoms with van der Waals surface area (Å²) in [5.74, 6) is 0.330. The average molecular weight is 234 g/mol. The molecule has 1 nitrogen and oxygen atoms in total. The minimum atomic E-state index is -0.278. The number of carbonyl (C=O) groups excluding carboxylic acids is 1. The molecule has 0 amide bonds. The molecule has 17 heavy (non-hydrogen) atoms. The molecule has 0 saturated heterocycles. The number of carbonyl (C=O) groups is 1. The van der Waals surface area contributed by atoms with Crippen LogP contribution in [0, 0.1) is 18.7 Å². The maximum Gasteiger partial charge on any atom is 0.163 e. The van der Waals surface area contributed by atoms with E-state index in [1.807, 2.05) is 0 Å². The number of rotatable bonds is 3. The fourth-order valence-electron chi connectivity index (χ4n) is 2.54. The van der Waals surface area contributed by atoms with Crippen molar-refractivity contribution in [3.63, 3.8) is 0 Å². The molecule has 0 aromatic heterocycles. The Labute approximate surface area is 102 Å². The summed E-state index contributed by atoms with van der Waals surface area (Å²) in [7, 11) is 0. The molecular weight excluding hydrogens is 215 g/mol. The summed E-state index contributed by atoms with van der Waals surface area (Å²) in [6, 6.07) is 4.80. The van der Waals surface area contributed by atoms with Gasteiger partial charge in [0.25, 0.3) is 0 Å². The number of hydrogen-bond acceptors (Lipinski definition) is 1. The molecule has 0 unspecified atom stereocenters. The molecule has 1 fully saturated rings. The van der Waals surface area contributed by atoms with Gasteiger partial charge in [-0.3, -0.25) is 4.79 Å². The van der Waals surface area contributed by atoms with Crippen LogP contribution in [-0.4, -0.2) is 5.78 Å². The van der Waals surface area contributed by atoms with Gasteiger partial charge in [0, 0.05) is 12.0 Å². The van der Waals surface area contributed by atoms with E-state index in [0.29, 0.717) is 23.5 Å². The van der Waals surface area contributed by atoms with Crippen molar-refractivity contribution in [1.29, 1.82) is 0 Å². The summed E-state index contributed by atoms with van der Waals surface area (Å²) < 4.78 is 13.4. The van der Waals surface area contributed by atoms with Crippen molar-refractivity contribution in [3.8, 4) is 0 Å². The molecule has 1 aromatic rings. The first-order valence-corrected chi connectivity index (χ1v) is 6.46. The van der Waals surface area contributed by atoms with Crippen molar-refractivity contribution in [2.75, 3.05) is 0 Å². The van der Waals surface area contributed by atoms with E-state index < -0.39 is 0 Å². The van der Waals surface area contributed by atoms with Crippen LogP contribution in [0.2, 0.25) is 0 Å². The number of aryl methyl sites for hydroxylation is 1. The van der Waals surface area contributed by atoms with Crippen LogP contribution in [0.25, 0.3) is 0 Å². The van der Waals surface area contributed by atoms with Crippen LogP contribution in [-0.2, 0) is 0 Å². The molecule has 0 atom stereocenters. The lowest BCUT2D eigenvalue weighted by Crippen LogP contribution is -2.12. The molecule has 2 heteroatoms. The average Bonchev–Trinajstić information content (AvgIpc) is 2.34. The molecule has 0 bridgehead atoms.